The predicted octanol–water partition coefficient (Wildman–Crippen LogP) is 12.0. The average Bonchev–Trinajstić information content (AvgIpc) is 2.90. The molecule has 36 heavy (non-hydrogen) atoms. The van der Waals surface area contributed by atoms with Gasteiger partial charge in [-0.25, -0.2) is 0 Å². The Morgan fingerprint density at radius 3 is 1.03 bits per heavy atom. The van der Waals surface area contributed by atoms with Crippen molar-refractivity contribution in [3.63, 3.8) is 0 Å². The molecule has 0 atom stereocenters. The molecule has 0 fully saturated rings. The zero-order valence-corrected chi connectivity index (χ0v) is 26.3. The van der Waals surface area contributed by atoms with Crippen molar-refractivity contribution in [1.82, 2.24) is 0 Å². The number of hydrogen-bond acceptors (Lipinski definition) is 1. The van der Waals surface area contributed by atoms with E-state index in [0.29, 0.717) is 5.75 Å². The molecule has 0 bridgehead atoms. The van der Waals surface area contributed by atoms with E-state index in [2.05, 4.69) is 27.7 Å². The first-order chi connectivity index (χ1) is 17.6. The van der Waals surface area contributed by atoms with E-state index in [4.69, 9.17) is 5.11 Å². The Labute approximate surface area is 229 Å². The van der Waals surface area contributed by atoms with Gasteiger partial charge in [0.1, 0.15) is 5.75 Å². The first-order valence-electron chi connectivity index (χ1n) is 16.4. The number of phenols is 1. The van der Waals surface area contributed by atoms with Gasteiger partial charge in [0.05, 0.1) is 0 Å². The molecule has 0 amide bonds. The van der Waals surface area contributed by atoms with Crippen LogP contribution in [0, 0.1) is 0 Å². The van der Waals surface area contributed by atoms with E-state index < -0.39 is 7.26 Å². The van der Waals surface area contributed by atoms with Gasteiger partial charge in [-0.3, -0.25) is 0 Å². The summed E-state index contributed by atoms with van der Waals surface area (Å²) in [7, 11) is -0.961. The largest absolute Gasteiger partial charge is 0.508 e. The third-order valence-electron chi connectivity index (χ3n) is 8.00. The Hall–Kier alpha value is -0.550. The second kappa shape index (κ2) is 27.5. The van der Waals surface area contributed by atoms with Crippen LogP contribution in [0.15, 0.2) is 30.3 Å². The molecule has 0 aliphatic heterocycles. The van der Waals surface area contributed by atoms with Crippen molar-refractivity contribution < 1.29 is 5.11 Å². The molecule has 0 saturated carbocycles. The normalized spacial score (nSPS) is 11.8. The number of phenolic OH excluding ortho intramolecular Hbond substituents is 1. The zero-order chi connectivity index (χ0) is 26.6. The molecule has 0 saturated heterocycles. The summed E-state index contributed by atoms with van der Waals surface area (Å²) in [5.41, 5.74) is 0. The molecule has 0 aliphatic rings. The number of rotatable bonds is 24. The number of hydrogen-bond donors (Lipinski definition) is 1. The van der Waals surface area contributed by atoms with Crippen LogP contribution in [0.3, 0.4) is 0 Å². The molecule has 0 unspecified atom stereocenters. The third-order valence-corrected chi connectivity index (χ3v) is 13.7. The molecule has 0 spiro atoms. The number of para-hydroxylation sites is 1. The quantitative estimate of drug-likeness (QED) is 0.106. The fourth-order valence-electron chi connectivity index (χ4n) is 5.53. The summed E-state index contributed by atoms with van der Waals surface area (Å²) >= 11 is 0. The SMILES string of the molecule is CCCCCCCCCCCCCCCC[PH](CCCC)(CCCC)CCCC.Oc1ccccc1. The van der Waals surface area contributed by atoms with Gasteiger partial charge in [-0.1, -0.05) is 44.4 Å². The van der Waals surface area contributed by atoms with Crippen LogP contribution in [0.5, 0.6) is 5.75 Å². The average molecular weight is 523 g/mol. The van der Waals surface area contributed by atoms with E-state index >= 15 is 0 Å². The predicted molar refractivity (Wildman–Crippen MR) is 171 cm³/mol. The standard InChI is InChI=1S/C28H61P.C6H6O/c1-5-9-13-14-15-16-17-18-19-20-21-22-23-24-28-29(25-10-6-2,26-11-7-3)27-12-8-4;7-6-4-2-1-3-5-6/h29H,5-28H2,1-4H3;1-5,7H. The monoisotopic (exact) mass is 522 g/mol. The van der Waals surface area contributed by atoms with Crippen molar-refractivity contribution in [1.29, 1.82) is 0 Å². The van der Waals surface area contributed by atoms with Gasteiger partial charge in [-0.2, -0.15) is 0 Å². The molecule has 0 aromatic heterocycles. The zero-order valence-electron chi connectivity index (χ0n) is 25.3. The summed E-state index contributed by atoms with van der Waals surface area (Å²) in [5, 5.41) is 8.63. The van der Waals surface area contributed by atoms with Gasteiger partial charge in [0, 0.05) is 0 Å². The number of benzene rings is 1. The van der Waals surface area contributed by atoms with Crippen LogP contribution < -0.4 is 0 Å². The summed E-state index contributed by atoms with van der Waals surface area (Å²) in [6.07, 6.45) is 36.2. The van der Waals surface area contributed by atoms with Crippen molar-refractivity contribution in [2.24, 2.45) is 0 Å². The van der Waals surface area contributed by atoms with E-state index in [1.807, 2.05) is 6.07 Å². The molecule has 1 N–H and O–H groups in total. The second-order valence-corrected chi connectivity index (χ2v) is 16.5. The van der Waals surface area contributed by atoms with E-state index in [-0.39, 0.29) is 0 Å². The Kier molecular flexibility index (Phi) is 27.1. The molecule has 0 radical (unpaired) electrons. The minimum Gasteiger partial charge on any atom is -0.508 e. The van der Waals surface area contributed by atoms with Gasteiger partial charge in [0.2, 0.25) is 0 Å². The first-order valence-corrected chi connectivity index (χ1v) is 19.2. The first kappa shape index (κ1) is 35.5. The molecule has 1 aromatic carbocycles. The van der Waals surface area contributed by atoms with Crippen molar-refractivity contribution in [2.45, 2.75) is 156 Å². The van der Waals surface area contributed by atoms with Crippen LogP contribution in [0.25, 0.3) is 0 Å². The smallest absolute Gasteiger partial charge is 0.115 e. The molecule has 214 valence electrons. The van der Waals surface area contributed by atoms with Crippen LogP contribution in [0.2, 0.25) is 0 Å². The van der Waals surface area contributed by atoms with Gasteiger partial charge < -0.3 is 5.11 Å². The van der Waals surface area contributed by atoms with Gasteiger partial charge in [-0.15, -0.1) is 0 Å². The van der Waals surface area contributed by atoms with E-state index in [1.54, 1.807) is 55.3 Å². The summed E-state index contributed by atoms with van der Waals surface area (Å²) in [6.45, 7) is 9.49. The molecule has 1 aromatic rings. The van der Waals surface area contributed by atoms with Crippen molar-refractivity contribution in [3.05, 3.63) is 30.3 Å². The summed E-state index contributed by atoms with van der Waals surface area (Å²) in [4.78, 5) is 0. The Bertz CT molecular complexity index is 507. The molecular weight excluding hydrogens is 455 g/mol. The third kappa shape index (κ3) is 22.6. The minimum absolute atomic E-state index is 0.322. The molecule has 0 heterocycles. The number of aromatic hydroxyl groups is 1. The van der Waals surface area contributed by atoms with E-state index in [0.717, 1.165) is 0 Å². The van der Waals surface area contributed by atoms with E-state index in [1.165, 1.54) is 122 Å². The summed E-state index contributed by atoms with van der Waals surface area (Å²) in [5.74, 6) is 0.322. The van der Waals surface area contributed by atoms with Crippen LogP contribution in [-0.4, -0.2) is 29.8 Å². The van der Waals surface area contributed by atoms with Crippen LogP contribution in [-0.2, 0) is 0 Å². The van der Waals surface area contributed by atoms with Crippen LogP contribution in [0.4, 0.5) is 0 Å². The maximum absolute atomic E-state index is 8.63. The fourth-order valence-corrected chi connectivity index (χ4v) is 11.3. The van der Waals surface area contributed by atoms with Gasteiger partial charge in [-0.05, 0) is 12.1 Å². The molecule has 2 heteroatoms. The maximum atomic E-state index is 8.63. The summed E-state index contributed by atoms with van der Waals surface area (Å²) < 4.78 is 0. The molecule has 0 aliphatic carbocycles. The minimum atomic E-state index is -0.961. The number of unbranched alkanes of at least 4 members (excludes halogenated alkanes) is 16. The Morgan fingerprint density at radius 2 is 0.722 bits per heavy atom. The Morgan fingerprint density at radius 1 is 0.417 bits per heavy atom. The second-order valence-electron chi connectivity index (χ2n) is 11.5. The molecule has 1 rings (SSSR count). The molecule has 1 nitrogen and oxygen atoms in total. The van der Waals surface area contributed by atoms with Gasteiger partial charge >= 0.3 is 162 Å². The van der Waals surface area contributed by atoms with Crippen LogP contribution >= 0.6 is 7.26 Å². The fraction of sp³-hybridized carbons (Fsp3) is 0.824. The van der Waals surface area contributed by atoms with Gasteiger partial charge in [0.15, 0.2) is 0 Å². The maximum Gasteiger partial charge on any atom is 0.115 e. The molecular formula is C34H67OP. The van der Waals surface area contributed by atoms with E-state index in [9.17, 15) is 0 Å². The topological polar surface area (TPSA) is 20.2 Å². The van der Waals surface area contributed by atoms with Crippen molar-refractivity contribution in [2.75, 3.05) is 24.6 Å². The van der Waals surface area contributed by atoms with Crippen molar-refractivity contribution in [3.8, 4) is 5.75 Å². The Balaban J connectivity index is 0.00000148. The summed E-state index contributed by atoms with van der Waals surface area (Å²) in [6, 6.07) is 8.71. The van der Waals surface area contributed by atoms with Crippen molar-refractivity contribution >= 4 is 7.26 Å². The van der Waals surface area contributed by atoms with Gasteiger partial charge in [0.25, 0.3) is 0 Å². The van der Waals surface area contributed by atoms with Crippen LogP contribution in [0.1, 0.15) is 156 Å².